The van der Waals surface area contributed by atoms with Gasteiger partial charge in [0.15, 0.2) is 5.65 Å². The Bertz CT molecular complexity index is 1070. The van der Waals surface area contributed by atoms with Crippen molar-refractivity contribution in [2.45, 2.75) is 32.1 Å². The zero-order valence-corrected chi connectivity index (χ0v) is 15.0. The van der Waals surface area contributed by atoms with Crippen LogP contribution in [0.2, 0.25) is 0 Å². The number of hydrogen-bond acceptors (Lipinski definition) is 3. The molecule has 0 spiro atoms. The van der Waals surface area contributed by atoms with E-state index in [0.29, 0.717) is 5.92 Å². The highest BCUT2D eigenvalue weighted by atomic mass is 15.0. The number of fused-ring (bicyclic) bond motifs is 2. The predicted octanol–water partition coefficient (Wildman–Crippen LogP) is 3.91. The maximum Gasteiger partial charge on any atom is 0.155 e. The minimum atomic E-state index is 0.670. The third-order valence-corrected chi connectivity index (χ3v) is 5.63. The third-order valence-electron chi connectivity index (χ3n) is 5.63. The van der Waals surface area contributed by atoms with Crippen molar-refractivity contribution in [1.82, 2.24) is 24.7 Å². The van der Waals surface area contributed by atoms with Crippen molar-refractivity contribution in [3.05, 3.63) is 54.1 Å². The van der Waals surface area contributed by atoms with E-state index in [9.17, 15) is 0 Å². The van der Waals surface area contributed by atoms with Gasteiger partial charge in [-0.2, -0.15) is 0 Å². The third kappa shape index (κ3) is 2.51. The van der Waals surface area contributed by atoms with E-state index in [1.807, 2.05) is 16.8 Å². The van der Waals surface area contributed by atoms with Gasteiger partial charge in [0.25, 0.3) is 0 Å². The van der Waals surface area contributed by atoms with Gasteiger partial charge in [-0.05, 0) is 61.5 Å². The normalized spacial score (nSPS) is 15.9. The lowest BCUT2D eigenvalue weighted by atomic mass is 9.89. The van der Waals surface area contributed by atoms with Gasteiger partial charge in [-0.25, -0.2) is 9.97 Å². The number of piperidine rings is 1. The molecular formula is C21H23N5. The van der Waals surface area contributed by atoms with Gasteiger partial charge in [0.1, 0.15) is 5.69 Å². The van der Waals surface area contributed by atoms with Crippen LogP contribution < -0.4 is 5.32 Å². The Morgan fingerprint density at radius 1 is 1.19 bits per heavy atom. The Kier molecular flexibility index (Phi) is 3.75. The average Bonchev–Trinajstić information content (AvgIpc) is 3.31. The van der Waals surface area contributed by atoms with Crippen molar-refractivity contribution in [3.8, 4) is 11.4 Å². The minimum absolute atomic E-state index is 0.670. The van der Waals surface area contributed by atoms with Crippen LogP contribution in [0, 0.1) is 0 Å². The predicted molar refractivity (Wildman–Crippen MR) is 105 cm³/mol. The average molecular weight is 345 g/mol. The van der Waals surface area contributed by atoms with Crippen LogP contribution in [0.15, 0.2) is 43.0 Å². The first-order valence-electron chi connectivity index (χ1n) is 9.48. The first kappa shape index (κ1) is 15.6. The lowest BCUT2D eigenvalue weighted by molar-refractivity contribution is 0.460. The summed E-state index contributed by atoms with van der Waals surface area (Å²) in [5.41, 5.74) is 6.98. The maximum atomic E-state index is 4.64. The zero-order valence-electron chi connectivity index (χ0n) is 15.0. The van der Waals surface area contributed by atoms with E-state index in [1.54, 1.807) is 6.20 Å². The van der Waals surface area contributed by atoms with Crippen molar-refractivity contribution in [2.24, 2.45) is 0 Å². The van der Waals surface area contributed by atoms with Crippen LogP contribution in [0.5, 0.6) is 0 Å². The van der Waals surface area contributed by atoms with Crippen LogP contribution in [0.1, 0.15) is 36.8 Å². The number of aromatic amines is 1. The van der Waals surface area contributed by atoms with Crippen LogP contribution in [-0.4, -0.2) is 32.4 Å². The second-order valence-corrected chi connectivity index (χ2v) is 7.13. The van der Waals surface area contributed by atoms with Gasteiger partial charge in [0, 0.05) is 29.5 Å². The van der Waals surface area contributed by atoms with Crippen LogP contribution in [0.4, 0.5) is 0 Å². The Morgan fingerprint density at radius 3 is 2.92 bits per heavy atom. The van der Waals surface area contributed by atoms with E-state index >= 15 is 0 Å². The quantitative estimate of drug-likeness (QED) is 0.592. The molecule has 1 aliphatic rings. The van der Waals surface area contributed by atoms with Gasteiger partial charge in [-0.1, -0.05) is 13.0 Å². The van der Waals surface area contributed by atoms with Crippen LogP contribution in [0.25, 0.3) is 27.9 Å². The maximum absolute atomic E-state index is 4.64. The summed E-state index contributed by atoms with van der Waals surface area (Å²) in [6, 6.07) is 6.94. The van der Waals surface area contributed by atoms with Crippen molar-refractivity contribution in [1.29, 1.82) is 0 Å². The van der Waals surface area contributed by atoms with E-state index in [-0.39, 0.29) is 0 Å². The summed E-state index contributed by atoms with van der Waals surface area (Å²) in [6.45, 7) is 4.46. The first-order chi connectivity index (χ1) is 12.8. The highest BCUT2D eigenvalue weighted by Gasteiger charge is 2.18. The molecule has 5 rings (SSSR count). The minimum Gasteiger partial charge on any atom is -0.353 e. The number of benzene rings is 1. The van der Waals surface area contributed by atoms with Crippen LogP contribution >= 0.6 is 0 Å². The van der Waals surface area contributed by atoms with Gasteiger partial charge in [-0.3, -0.25) is 0 Å². The van der Waals surface area contributed by atoms with Crippen molar-refractivity contribution >= 4 is 16.6 Å². The van der Waals surface area contributed by atoms with Crippen molar-refractivity contribution in [3.63, 3.8) is 0 Å². The van der Waals surface area contributed by atoms with Gasteiger partial charge < -0.3 is 14.7 Å². The molecule has 132 valence electrons. The smallest absolute Gasteiger partial charge is 0.155 e. The molecule has 3 aromatic heterocycles. The molecule has 0 amide bonds. The lowest BCUT2D eigenvalue weighted by Gasteiger charge is -2.23. The summed E-state index contributed by atoms with van der Waals surface area (Å²) in [5.74, 6) is 0.670. The Hall–Kier alpha value is -2.66. The molecule has 1 saturated heterocycles. The van der Waals surface area contributed by atoms with E-state index in [1.165, 1.54) is 34.9 Å². The molecule has 1 fully saturated rings. The molecule has 0 radical (unpaired) electrons. The lowest BCUT2D eigenvalue weighted by Crippen LogP contribution is -2.26. The number of imidazole rings is 1. The topological polar surface area (TPSA) is 58.0 Å². The fourth-order valence-corrected chi connectivity index (χ4v) is 4.22. The Labute approximate surface area is 152 Å². The highest BCUT2D eigenvalue weighted by Crippen LogP contribution is 2.33. The number of nitrogens with one attached hydrogen (secondary N) is 2. The van der Waals surface area contributed by atoms with Gasteiger partial charge >= 0.3 is 0 Å². The zero-order chi connectivity index (χ0) is 17.5. The monoisotopic (exact) mass is 345 g/mol. The number of nitrogens with zero attached hydrogens (tertiary/aromatic N) is 3. The first-order valence-corrected chi connectivity index (χ1v) is 9.48. The summed E-state index contributed by atoms with van der Waals surface area (Å²) in [4.78, 5) is 12.5. The molecule has 0 saturated carbocycles. The van der Waals surface area contributed by atoms with E-state index in [0.717, 1.165) is 36.5 Å². The molecule has 4 heterocycles. The molecule has 5 heteroatoms. The van der Waals surface area contributed by atoms with Crippen molar-refractivity contribution < 1.29 is 0 Å². The van der Waals surface area contributed by atoms with Gasteiger partial charge in [0.2, 0.25) is 0 Å². The second kappa shape index (κ2) is 6.25. The molecule has 0 bridgehead atoms. The molecule has 26 heavy (non-hydrogen) atoms. The number of aromatic nitrogens is 4. The van der Waals surface area contributed by atoms with Gasteiger partial charge in [0.05, 0.1) is 11.9 Å². The fourth-order valence-electron chi connectivity index (χ4n) is 4.22. The highest BCUT2D eigenvalue weighted by molar-refractivity contribution is 5.90. The van der Waals surface area contributed by atoms with E-state index in [2.05, 4.69) is 51.6 Å². The molecule has 0 unspecified atom stereocenters. The molecule has 2 N–H and O–H groups in total. The molecular weight excluding hydrogens is 322 g/mol. The molecule has 0 aliphatic carbocycles. The van der Waals surface area contributed by atoms with Crippen LogP contribution in [0.3, 0.4) is 0 Å². The number of aryl methyl sites for hydroxylation is 1. The molecule has 4 aromatic rings. The Balaban J connectivity index is 1.63. The molecule has 1 aliphatic heterocycles. The Morgan fingerprint density at radius 2 is 2.08 bits per heavy atom. The van der Waals surface area contributed by atoms with Crippen molar-refractivity contribution in [2.75, 3.05) is 13.1 Å². The number of H-pyrrole nitrogens is 1. The largest absolute Gasteiger partial charge is 0.353 e. The summed E-state index contributed by atoms with van der Waals surface area (Å²) < 4.78 is 2.02. The fraction of sp³-hybridized carbons (Fsp3) is 0.333. The number of hydrogen-bond donors (Lipinski definition) is 2. The summed E-state index contributed by atoms with van der Waals surface area (Å²) in [6.07, 6.45) is 11.1. The van der Waals surface area contributed by atoms with Crippen LogP contribution in [-0.2, 0) is 6.42 Å². The molecule has 0 atom stereocenters. The van der Waals surface area contributed by atoms with E-state index in [4.69, 9.17) is 0 Å². The summed E-state index contributed by atoms with van der Waals surface area (Å²) >= 11 is 0. The number of rotatable bonds is 3. The SMILES string of the molecule is CCc1c(-c2cn3ccnc3cn2)[nH]c2ccc(C3CCNCC3)cc12. The second-order valence-electron chi connectivity index (χ2n) is 7.13. The molecule has 1 aromatic carbocycles. The van der Waals surface area contributed by atoms with Gasteiger partial charge in [-0.15, -0.1) is 0 Å². The summed E-state index contributed by atoms with van der Waals surface area (Å²) in [5, 5.41) is 4.80. The van der Waals surface area contributed by atoms with E-state index < -0.39 is 0 Å². The molecule has 5 nitrogen and oxygen atoms in total. The standard InChI is InChI=1S/C21H23N5/c1-2-16-17-11-15(14-5-7-22-8-6-14)3-4-18(17)25-21(16)19-13-26-10-9-23-20(26)12-24-19/h3-4,9-14,22,25H,2,5-8H2,1H3. The summed E-state index contributed by atoms with van der Waals surface area (Å²) in [7, 11) is 0.